The molecule has 1 aromatic carbocycles. The second-order valence-electron chi connectivity index (χ2n) is 5.20. The summed E-state index contributed by atoms with van der Waals surface area (Å²) in [5, 5.41) is 2.72. The summed E-state index contributed by atoms with van der Waals surface area (Å²) < 4.78 is 0. The van der Waals surface area contributed by atoms with Gasteiger partial charge in [0.25, 0.3) is 0 Å². The van der Waals surface area contributed by atoms with Crippen molar-refractivity contribution in [2.75, 3.05) is 19.6 Å². The quantitative estimate of drug-likeness (QED) is 0.671. The summed E-state index contributed by atoms with van der Waals surface area (Å²) >= 11 is 0. The van der Waals surface area contributed by atoms with Crippen LogP contribution in [0.5, 0.6) is 0 Å². The Hall–Kier alpha value is -1.84. The highest BCUT2D eigenvalue weighted by Crippen LogP contribution is 2.08. The van der Waals surface area contributed by atoms with Crippen molar-refractivity contribution < 1.29 is 9.59 Å². The van der Waals surface area contributed by atoms with E-state index < -0.39 is 5.91 Å². The monoisotopic (exact) mass is 274 g/mol. The van der Waals surface area contributed by atoms with E-state index in [1.807, 2.05) is 18.2 Å². The van der Waals surface area contributed by atoms with Gasteiger partial charge in [-0.3, -0.25) is 9.59 Å². The predicted molar refractivity (Wildman–Crippen MR) is 78.2 cm³/mol. The number of nitrogens with zero attached hydrogens (tertiary/aromatic N) is 1. The number of nitrogens with one attached hydrogen (secondary N) is 1. The molecule has 1 saturated heterocycles. The molecule has 1 fully saturated rings. The number of carbonyl (C=O) groups excluding carboxylic acids is 2. The third-order valence-corrected chi connectivity index (χ3v) is 3.61. The smallest absolute Gasteiger partial charge is 0.311 e. The minimum atomic E-state index is -0.458. The van der Waals surface area contributed by atoms with Crippen molar-refractivity contribution in [2.24, 2.45) is 0 Å². The third-order valence-electron chi connectivity index (χ3n) is 3.61. The maximum Gasteiger partial charge on any atom is 0.311 e. The number of carbonyl (C=O) groups is 2. The van der Waals surface area contributed by atoms with Gasteiger partial charge in [-0.15, -0.1) is 0 Å². The molecule has 1 aliphatic rings. The van der Waals surface area contributed by atoms with E-state index in [1.165, 1.54) is 5.56 Å². The highest BCUT2D eigenvalue weighted by atomic mass is 16.2. The van der Waals surface area contributed by atoms with Gasteiger partial charge in [0.2, 0.25) is 0 Å². The summed E-state index contributed by atoms with van der Waals surface area (Å²) in [6, 6.07) is 10.1. The zero-order valence-electron chi connectivity index (χ0n) is 11.8. The van der Waals surface area contributed by atoms with Crippen LogP contribution in [0.25, 0.3) is 0 Å². The molecule has 0 saturated carbocycles. The zero-order chi connectivity index (χ0) is 14.2. The summed E-state index contributed by atoms with van der Waals surface area (Å²) in [5.74, 6) is -0.829. The average molecular weight is 274 g/mol. The van der Waals surface area contributed by atoms with E-state index in [0.29, 0.717) is 6.54 Å². The molecule has 2 amide bonds. The van der Waals surface area contributed by atoms with Crippen molar-refractivity contribution >= 4 is 11.8 Å². The van der Waals surface area contributed by atoms with Crippen LogP contribution in [0.1, 0.15) is 31.2 Å². The van der Waals surface area contributed by atoms with E-state index in [-0.39, 0.29) is 5.91 Å². The molecule has 1 aliphatic heterocycles. The van der Waals surface area contributed by atoms with Crippen LogP contribution < -0.4 is 5.32 Å². The maximum atomic E-state index is 11.9. The van der Waals surface area contributed by atoms with Crippen LogP contribution in [0.15, 0.2) is 30.3 Å². The fraction of sp³-hybridized carbons (Fsp3) is 0.500. The summed E-state index contributed by atoms with van der Waals surface area (Å²) in [4.78, 5) is 25.3. The van der Waals surface area contributed by atoms with Gasteiger partial charge >= 0.3 is 11.8 Å². The number of amides is 2. The first-order valence-electron chi connectivity index (χ1n) is 7.38. The molecule has 4 nitrogen and oxygen atoms in total. The lowest BCUT2D eigenvalue weighted by Gasteiger charge is -2.25. The number of aryl methyl sites for hydroxylation is 1. The lowest BCUT2D eigenvalue weighted by molar-refractivity contribution is -0.146. The molecule has 1 aromatic rings. The molecule has 0 spiro atoms. The molecular formula is C16H22N2O2. The molecule has 108 valence electrons. The number of piperidine rings is 1. The summed E-state index contributed by atoms with van der Waals surface area (Å²) in [5.41, 5.74) is 1.25. The zero-order valence-corrected chi connectivity index (χ0v) is 11.8. The predicted octanol–water partition coefficient (Wildman–Crippen LogP) is 1.75. The van der Waals surface area contributed by atoms with Crippen LogP contribution in [-0.2, 0) is 16.0 Å². The summed E-state index contributed by atoms with van der Waals surface area (Å²) in [7, 11) is 0. The Morgan fingerprint density at radius 2 is 1.75 bits per heavy atom. The topological polar surface area (TPSA) is 49.4 Å². The highest BCUT2D eigenvalue weighted by Gasteiger charge is 2.22. The first kappa shape index (κ1) is 14.6. The van der Waals surface area contributed by atoms with Crippen LogP contribution in [0.3, 0.4) is 0 Å². The largest absolute Gasteiger partial charge is 0.348 e. The average Bonchev–Trinajstić information content (AvgIpc) is 2.52. The molecule has 1 N–H and O–H groups in total. The summed E-state index contributed by atoms with van der Waals surface area (Å²) in [6.45, 7) is 1.99. The van der Waals surface area contributed by atoms with Crippen molar-refractivity contribution in [2.45, 2.75) is 32.1 Å². The lowest BCUT2D eigenvalue weighted by atomic mass is 10.1. The van der Waals surface area contributed by atoms with Gasteiger partial charge in [-0.25, -0.2) is 0 Å². The molecule has 1 heterocycles. The molecule has 20 heavy (non-hydrogen) atoms. The van der Waals surface area contributed by atoms with Crippen LogP contribution in [0.4, 0.5) is 0 Å². The van der Waals surface area contributed by atoms with Gasteiger partial charge in [-0.2, -0.15) is 0 Å². The Kier molecular flexibility index (Phi) is 5.59. The van der Waals surface area contributed by atoms with Crippen molar-refractivity contribution in [3.8, 4) is 0 Å². The molecule has 0 aromatic heterocycles. The molecule has 0 unspecified atom stereocenters. The Morgan fingerprint density at radius 1 is 1.05 bits per heavy atom. The first-order valence-corrected chi connectivity index (χ1v) is 7.38. The maximum absolute atomic E-state index is 11.9. The lowest BCUT2D eigenvalue weighted by Crippen LogP contribution is -2.45. The van der Waals surface area contributed by atoms with Gasteiger partial charge in [-0.05, 0) is 37.7 Å². The van der Waals surface area contributed by atoms with E-state index in [2.05, 4.69) is 17.4 Å². The van der Waals surface area contributed by atoms with Gasteiger partial charge in [-0.1, -0.05) is 30.3 Å². The Morgan fingerprint density at radius 3 is 2.45 bits per heavy atom. The number of rotatable bonds is 4. The molecule has 2 rings (SSSR count). The fourth-order valence-electron chi connectivity index (χ4n) is 2.46. The molecule has 0 bridgehead atoms. The van der Waals surface area contributed by atoms with Crippen LogP contribution in [0, 0.1) is 0 Å². The number of hydrogen-bond donors (Lipinski definition) is 1. The minimum absolute atomic E-state index is 0.371. The van der Waals surface area contributed by atoms with Gasteiger partial charge in [0.1, 0.15) is 0 Å². The van der Waals surface area contributed by atoms with Crippen LogP contribution in [0.2, 0.25) is 0 Å². The first-order chi connectivity index (χ1) is 9.77. The molecule has 4 heteroatoms. The van der Waals surface area contributed by atoms with Gasteiger partial charge in [0.15, 0.2) is 0 Å². The third kappa shape index (κ3) is 4.37. The standard InChI is InChI=1S/C16H22N2O2/c19-15(16(20)18-12-5-2-6-13-18)17-11-7-10-14-8-3-1-4-9-14/h1,3-4,8-9H,2,5-7,10-13H2,(H,17,19). The minimum Gasteiger partial charge on any atom is -0.348 e. The molecule has 0 radical (unpaired) electrons. The SMILES string of the molecule is O=C(NCCCc1ccccc1)C(=O)N1CCCCC1. The van der Waals surface area contributed by atoms with Crippen molar-refractivity contribution in [3.05, 3.63) is 35.9 Å². The Bertz CT molecular complexity index is 439. The normalized spacial score (nSPS) is 14.9. The number of likely N-dealkylation sites (tertiary alicyclic amines) is 1. The summed E-state index contributed by atoms with van der Waals surface area (Å²) in [6.07, 6.45) is 4.94. The van der Waals surface area contributed by atoms with E-state index in [0.717, 1.165) is 45.2 Å². The number of benzene rings is 1. The second-order valence-corrected chi connectivity index (χ2v) is 5.20. The van der Waals surface area contributed by atoms with E-state index in [1.54, 1.807) is 4.90 Å². The Balaban J connectivity index is 1.65. The van der Waals surface area contributed by atoms with E-state index in [9.17, 15) is 9.59 Å². The Labute approximate surface area is 120 Å². The van der Waals surface area contributed by atoms with Crippen LogP contribution in [-0.4, -0.2) is 36.3 Å². The van der Waals surface area contributed by atoms with Crippen molar-refractivity contribution in [1.29, 1.82) is 0 Å². The van der Waals surface area contributed by atoms with Crippen molar-refractivity contribution in [1.82, 2.24) is 10.2 Å². The molecular weight excluding hydrogens is 252 g/mol. The van der Waals surface area contributed by atoms with Crippen LogP contribution >= 0.6 is 0 Å². The van der Waals surface area contributed by atoms with E-state index >= 15 is 0 Å². The highest BCUT2D eigenvalue weighted by molar-refractivity contribution is 6.35. The molecule has 0 atom stereocenters. The second kappa shape index (κ2) is 7.68. The number of hydrogen-bond acceptors (Lipinski definition) is 2. The van der Waals surface area contributed by atoms with E-state index in [4.69, 9.17) is 0 Å². The van der Waals surface area contributed by atoms with Crippen molar-refractivity contribution in [3.63, 3.8) is 0 Å². The van der Waals surface area contributed by atoms with Gasteiger partial charge in [0.05, 0.1) is 0 Å². The fourth-order valence-corrected chi connectivity index (χ4v) is 2.46. The van der Waals surface area contributed by atoms with Gasteiger partial charge in [0, 0.05) is 19.6 Å². The van der Waals surface area contributed by atoms with Gasteiger partial charge < -0.3 is 10.2 Å². The molecule has 0 aliphatic carbocycles.